The minimum absolute atomic E-state index is 0.0227. The van der Waals surface area contributed by atoms with E-state index in [-0.39, 0.29) is 17.2 Å². The van der Waals surface area contributed by atoms with Crippen LogP contribution in [0.2, 0.25) is 5.02 Å². The number of likely N-dealkylation sites (tertiary alicyclic amines) is 1. The number of ketones is 1. The van der Waals surface area contributed by atoms with Crippen LogP contribution in [-0.2, 0) is 16.8 Å². The first kappa shape index (κ1) is 18.3. The Hall–Kier alpha value is -1.06. The number of rotatable bonds is 4. The van der Waals surface area contributed by atoms with Crippen molar-refractivity contribution in [3.05, 3.63) is 28.3 Å². The normalized spacial score (nSPS) is 19.7. The molecule has 23 heavy (non-hydrogen) atoms. The van der Waals surface area contributed by atoms with Crippen molar-refractivity contribution in [3.8, 4) is 5.75 Å². The van der Waals surface area contributed by atoms with Crippen LogP contribution < -0.4 is 4.74 Å². The van der Waals surface area contributed by atoms with Crippen LogP contribution in [0.15, 0.2) is 12.1 Å². The van der Waals surface area contributed by atoms with Crippen LogP contribution in [-0.4, -0.2) is 30.4 Å². The van der Waals surface area contributed by atoms with Crippen LogP contribution in [0.5, 0.6) is 5.75 Å². The fraction of sp³-hybridized carbons (Fsp3) is 0.632. The molecule has 3 nitrogen and oxygen atoms in total. The number of carbonyl (C=O) groups excluding carboxylic acids is 1. The standard InChI is InChI=1S/C19H28ClNO2/c1-13(22)17-8-6-7-9-21(17)12-14-10-16(20)15(19(2,3)4)11-18(14)23-5/h10-11,17H,6-9,12H2,1-5H3/t17-/m0/s1. The molecule has 0 N–H and O–H groups in total. The van der Waals surface area contributed by atoms with Gasteiger partial charge in [-0.15, -0.1) is 0 Å². The monoisotopic (exact) mass is 337 g/mol. The molecule has 2 rings (SSSR count). The summed E-state index contributed by atoms with van der Waals surface area (Å²) in [5, 5.41) is 0.768. The predicted molar refractivity (Wildman–Crippen MR) is 95.4 cm³/mol. The van der Waals surface area contributed by atoms with E-state index in [4.69, 9.17) is 16.3 Å². The summed E-state index contributed by atoms with van der Waals surface area (Å²) in [6, 6.07) is 4.08. The van der Waals surface area contributed by atoms with E-state index in [1.54, 1.807) is 14.0 Å². The summed E-state index contributed by atoms with van der Waals surface area (Å²) < 4.78 is 5.60. The Balaban J connectivity index is 2.32. The molecule has 4 heteroatoms. The highest BCUT2D eigenvalue weighted by Gasteiger charge is 2.27. The average Bonchev–Trinajstić information content (AvgIpc) is 2.46. The zero-order valence-corrected chi connectivity index (χ0v) is 15.7. The Morgan fingerprint density at radius 2 is 2.04 bits per heavy atom. The Morgan fingerprint density at radius 1 is 1.35 bits per heavy atom. The highest BCUT2D eigenvalue weighted by atomic mass is 35.5. The molecule has 1 heterocycles. The SMILES string of the molecule is COc1cc(C(C)(C)C)c(Cl)cc1CN1CCCC[C@H]1C(C)=O. The Morgan fingerprint density at radius 3 is 2.61 bits per heavy atom. The molecule has 1 aliphatic rings. The number of ether oxygens (including phenoxy) is 1. The van der Waals surface area contributed by atoms with E-state index < -0.39 is 0 Å². The first-order chi connectivity index (χ1) is 10.7. The summed E-state index contributed by atoms with van der Waals surface area (Å²) in [7, 11) is 1.69. The van der Waals surface area contributed by atoms with Gasteiger partial charge in [0.2, 0.25) is 0 Å². The maximum Gasteiger partial charge on any atom is 0.146 e. The van der Waals surface area contributed by atoms with E-state index in [1.165, 1.54) is 0 Å². The lowest BCUT2D eigenvalue weighted by molar-refractivity contribution is -0.123. The summed E-state index contributed by atoms with van der Waals surface area (Å²) in [4.78, 5) is 14.2. The van der Waals surface area contributed by atoms with Crippen molar-refractivity contribution in [1.29, 1.82) is 0 Å². The number of nitrogens with zero attached hydrogens (tertiary/aromatic N) is 1. The lowest BCUT2D eigenvalue weighted by Gasteiger charge is -2.34. The van der Waals surface area contributed by atoms with E-state index in [0.29, 0.717) is 6.54 Å². The van der Waals surface area contributed by atoms with E-state index in [0.717, 1.165) is 47.7 Å². The minimum Gasteiger partial charge on any atom is -0.496 e. The number of Topliss-reactive ketones (excluding diaryl/α,β-unsaturated/α-hetero) is 1. The number of carbonyl (C=O) groups is 1. The number of halogens is 1. The zero-order valence-electron chi connectivity index (χ0n) is 14.9. The third-order valence-electron chi connectivity index (χ3n) is 4.63. The van der Waals surface area contributed by atoms with Crippen molar-refractivity contribution in [2.24, 2.45) is 0 Å². The van der Waals surface area contributed by atoms with Gasteiger partial charge in [-0.1, -0.05) is 38.8 Å². The maximum absolute atomic E-state index is 11.9. The molecule has 0 radical (unpaired) electrons. The van der Waals surface area contributed by atoms with Crippen molar-refractivity contribution in [1.82, 2.24) is 4.90 Å². The molecule has 1 aromatic rings. The third-order valence-corrected chi connectivity index (χ3v) is 4.95. The number of methoxy groups -OCH3 is 1. The second-order valence-corrected chi connectivity index (χ2v) is 7.89. The molecular formula is C19H28ClNO2. The maximum atomic E-state index is 11.9. The van der Waals surface area contributed by atoms with Crippen LogP contribution in [0.3, 0.4) is 0 Å². The first-order valence-electron chi connectivity index (χ1n) is 8.35. The summed E-state index contributed by atoms with van der Waals surface area (Å²) in [5.74, 6) is 1.10. The summed E-state index contributed by atoms with van der Waals surface area (Å²) in [6.07, 6.45) is 3.22. The van der Waals surface area contributed by atoms with Gasteiger partial charge in [0.05, 0.1) is 13.2 Å². The highest BCUT2D eigenvalue weighted by molar-refractivity contribution is 6.31. The molecule has 1 fully saturated rings. The molecule has 0 unspecified atom stereocenters. The fourth-order valence-electron chi connectivity index (χ4n) is 3.34. The van der Waals surface area contributed by atoms with Gasteiger partial charge in [-0.2, -0.15) is 0 Å². The van der Waals surface area contributed by atoms with Gasteiger partial charge in [-0.25, -0.2) is 0 Å². The Bertz CT molecular complexity index is 577. The molecule has 0 amide bonds. The summed E-state index contributed by atoms with van der Waals surface area (Å²) in [5.41, 5.74) is 2.11. The third kappa shape index (κ3) is 4.27. The predicted octanol–water partition coefficient (Wildman–Crippen LogP) is 4.59. The van der Waals surface area contributed by atoms with Crippen LogP contribution in [0, 0.1) is 0 Å². The molecule has 0 spiro atoms. The second-order valence-electron chi connectivity index (χ2n) is 7.49. The van der Waals surface area contributed by atoms with Crippen LogP contribution in [0.25, 0.3) is 0 Å². The molecule has 128 valence electrons. The van der Waals surface area contributed by atoms with Crippen molar-refractivity contribution in [2.75, 3.05) is 13.7 Å². The van der Waals surface area contributed by atoms with Gasteiger partial charge in [-0.05, 0) is 49.4 Å². The van der Waals surface area contributed by atoms with Gasteiger partial charge in [0, 0.05) is 17.1 Å². The molecule has 0 bridgehead atoms. The number of hydrogen-bond donors (Lipinski definition) is 0. The summed E-state index contributed by atoms with van der Waals surface area (Å²) in [6.45, 7) is 9.77. The van der Waals surface area contributed by atoms with Crippen molar-refractivity contribution in [2.45, 2.75) is 65.0 Å². The van der Waals surface area contributed by atoms with E-state index in [1.807, 2.05) is 12.1 Å². The molecule has 1 saturated heterocycles. The van der Waals surface area contributed by atoms with E-state index >= 15 is 0 Å². The fourth-order valence-corrected chi connectivity index (χ4v) is 3.81. The van der Waals surface area contributed by atoms with E-state index in [9.17, 15) is 4.79 Å². The minimum atomic E-state index is -0.0318. The van der Waals surface area contributed by atoms with Gasteiger partial charge in [0.15, 0.2) is 0 Å². The lowest BCUT2D eigenvalue weighted by atomic mass is 9.86. The zero-order chi connectivity index (χ0) is 17.2. The Kier molecular flexibility index (Phi) is 5.74. The smallest absolute Gasteiger partial charge is 0.146 e. The lowest BCUT2D eigenvalue weighted by Crippen LogP contribution is -2.43. The summed E-state index contributed by atoms with van der Waals surface area (Å²) >= 11 is 6.52. The Labute approximate surface area is 145 Å². The van der Waals surface area contributed by atoms with Gasteiger partial charge in [-0.3, -0.25) is 9.69 Å². The average molecular weight is 338 g/mol. The number of benzene rings is 1. The first-order valence-corrected chi connectivity index (χ1v) is 8.73. The molecular weight excluding hydrogens is 310 g/mol. The molecule has 0 saturated carbocycles. The van der Waals surface area contributed by atoms with E-state index in [2.05, 4.69) is 25.7 Å². The van der Waals surface area contributed by atoms with Crippen molar-refractivity contribution < 1.29 is 9.53 Å². The number of piperidine rings is 1. The highest BCUT2D eigenvalue weighted by Crippen LogP contribution is 2.36. The van der Waals surface area contributed by atoms with Crippen molar-refractivity contribution in [3.63, 3.8) is 0 Å². The molecule has 1 aromatic carbocycles. The quantitative estimate of drug-likeness (QED) is 0.804. The van der Waals surface area contributed by atoms with Crippen LogP contribution >= 0.6 is 11.6 Å². The van der Waals surface area contributed by atoms with Gasteiger partial charge in [0.25, 0.3) is 0 Å². The van der Waals surface area contributed by atoms with Crippen molar-refractivity contribution >= 4 is 17.4 Å². The number of hydrogen-bond acceptors (Lipinski definition) is 3. The van der Waals surface area contributed by atoms with Crippen LogP contribution in [0.4, 0.5) is 0 Å². The van der Waals surface area contributed by atoms with Gasteiger partial charge in [0.1, 0.15) is 11.5 Å². The van der Waals surface area contributed by atoms with Crippen LogP contribution in [0.1, 0.15) is 58.1 Å². The van der Waals surface area contributed by atoms with Gasteiger partial charge < -0.3 is 4.74 Å². The molecule has 1 aliphatic heterocycles. The molecule has 0 aromatic heterocycles. The van der Waals surface area contributed by atoms with Gasteiger partial charge >= 0.3 is 0 Å². The largest absolute Gasteiger partial charge is 0.496 e. The topological polar surface area (TPSA) is 29.5 Å². The molecule has 0 aliphatic carbocycles. The molecule has 1 atom stereocenters. The second kappa shape index (κ2) is 7.23.